The van der Waals surface area contributed by atoms with Crippen molar-refractivity contribution in [3.05, 3.63) is 59.7 Å². The third-order valence-electron chi connectivity index (χ3n) is 5.05. The second-order valence-corrected chi connectivity index (χ2v) is 8.45. The Morgan fingerprint density at radius 1 is 0.861 bits per heavy atom. The van der Waals surface area contributed by atoms with E-state index in [4.69, 9.17) is 10.5 Å². The zero-order chi connectivity index (χ0) is 26.5. The Hall–Kier alpha value is -4.12. The molecule has 11 nitrogen and oxygen atoms in total. The van der Waals surface area contributed by atoms with Gasteiger partial charge in [-0.2, -0.15) is 0 Å². The van der Waals surface area contributed by atoms with Gasteiger partial charge in [0.2, 0.25) is 17.7 Å². The number of hydrogen-bond acceptors (Lipinski definition) is 7. The summed E-state index contributed by atoms with van der Waals surface area (Å²) >= 11 is 0. The van der Waals surface area contributed by atoms with Crippen LogP contribution >= 0.6 is 0 Å². The molecule has 1 atom stereocenters. The van der Waals surface area contributed by atoms with Gasteiger partial charge in [-0.05, 0) is 48.4 Å². The van der Waals surface area contributed by atoms with Crippen molar-refractivity contribution < 1.29 is 23.9 Å². The predicted octanol–water partition coefficient (Wildman–Crippen LogP) is 1.11. The maximum atomic E-state index is 12.4. The summed E-state index contributed by atoms with van der Waals surface area (Å²) in [6.07, 6.45) is -0.554. The molecule has 0 bridgehead atoms. The fraction of sp³-hybridized carbons (Fsp3) is 0.360. The van der Waals surface area contributed by atoms with E-state index in [9.17, 15) is 19.2 Å². The zero-order valence-corrected chi connectivity index (χ0v) is 20.7. The Balaban J connectivity index is 1.73. The normalized spacial score (nSPS) is 11.3. The highest BCUT2D eigenvalue weighted by Gasteiger charge is 2.24. The Morgan fingerprint density at radius 2 is 1.50 bits per heavy atom. The lowest BCUT2D eigenvalue weighted by Gasteiger charge is -2.21. The molecule has 2 aromatic carbocycles. The summed E-state index contributed by atoms with van der Waals surface area (Å²) in [5, 5.41) is 13.3. The van der Waals surface area contributed by atoms with Crippen LogP contribution in [0.5, 0.6) is 0 Å². The molecule has 0 saturated heterocycles. The molecule has 7 N–H and O–H groups in total. The van der Waals surface area contributed by atoms with E-state index in [1.165, 1.54) is 0 Å². The molecule has 2 aromatic rings. The van der Waals surface area contributed by atoms with Gasteiger partial charge in [0.1, 0.15) is 12.6 Å². The Labute approximate surface area is 210 Å². The molecule has 0 aliphatic carbocycles. The standard InChI is InChI=1S/C25H34N6O5/c1-16(2)23(31-21(32)13-27-3)24(34)28-14-22(33)30-20-10-6-18(7-11-20)15-36-25(35)29-12-17-4-8-19(26)9-5-17/h4-11,16,23,27H,12-15,26H2,1-3H3,(H,28,34)(H,29,35)(H,30,33)(H,31,32). The number of nitrogens with two attached hydrogens (primary N) is 1. The van der Waals surface area contributed by atoms with Crippen molar-refractivity contribution in [2.45, 2.75) is 33.0 Å². The van der Waals surface area contributed by atoms with Crippen molar-refractivity contribution >= 4 is 35.2 Å². The maximum Gasteiger partial charge on any atom is 0.407 e. The summed E-state index contributed by atoms with van der Waals surface area (Å²) < 4.78 is 5.20. The summed E-state index contributed by atoms with van der Waals surface area (Å²) in [4.78, 5) is 48.3. The summed E-state index contributed by atoms with van der Waals surface area (Å²) in [5.41, 5.74) is 8.44. The fourth-order valence-electron chi connectivity index (χ4n) is 3.10. The van der Waals surface area contributed by atoms with Gasteiger partial charge < -0.3 is 37.1 Å². The lowest BCUT2D eigenvalue weighted by atomic mass is 10.0. The summed E-state index contributed by atoms with van der Waals surface area (Å²) in [6, 6.07) is 13.2. The van der Waals surface area contributed by atoms with Crippen molar-refractivity contribution in [3.8, 4) is 0 Å². The van der Waals surface area contributed by atoms with Crippen LogP contribution in [0.15, 0.2) is 48.5 Å². The number of nitrogen functional groups attached to an aromatic ring is 1. The van der Waals surface area contributed by atoms with Crippen LogP contribution in [-0.2, 0) is 32.3 Å². The lowest BCUT2D eigenvalue weighted by molar-refractivity contribution is -0.130. The minimum atomic E-state index is -0.748. The summed E-state index contributed by atoms with van der Waals surface area (Å²) in [6.45, 7) is 3.83. The van der Waals surface area contributed by atoms with Crippen LogP contribution in [0.1, 0.15) is 25.0 Å². The van der Waals surface area contributed by atoms with Gasteiger partial charge in [-0.1, -0.05) is 38.1 Å². The highest BCUT2D eigenvalue weighted by Crippen LogP contribution is 2.11. The number of hydrogen-bond donors (Lipinski definition) is 6. The molecule has 1 unspecified atom stereocenters. The molecule has 0 saturated carbocycles. The first-order valence-electron chi connectivity index (χ1n) is 11.5. The van der Waals surface area contributed by atoms with Crippen LogP contribution in [0.25, 0.3) is 0 Å². The van der Waals surface area contributed by atoms with Gasteiger partial charge in [0, 0.05) is 17.9 Å². The van der Waals surface area contributed by atoms with E-state index in [1.54, 1.807) is 57.3 Å². The predicted molar refractivity (Wildman–Crippen MR) is 137 cm³/mol. The molecule has 4 amide bonds. The number of amides is 4. The number of likely N-dealkylation sites (N-methyl/N-ethyl adjacent to an activating group) is 1. The third kappa shape index (κ3) is 10.0. The van der Waals surface area contributed by atoms with Gasteiger partial charge in [-0.15, -0.1) is 0 Å². The van der Waals surface area contributed by atoms with Crippen LogP contribution < -0.4 is 32.3 Å². The van der Waals surface area contributed by atoms with E-state index < -0.39 is 23.9 Å². The van der Waals surface area contributed by atoms with Gasteiger partial charge in [0.05, 0.1) is 13.1 Å². The van der Waals surface area contributed by atoms with Crippen LogP contribution in [0.2, 0.25) is 0 Å². The van der Waals surface area contributed by atoms with E-state index in [-0.39, 0.29) is 31.5 Å². The number of carbonyl (C=O) groups excluding carboxylic acids is 4. The van der Waals surface area contributed by atoms with Crippen molar-refractivity contribution in [3.63, 3.8) is 0 Å². The maximum absolute atomic E-state index is 12.4. The smallest absolute Gasteiger partial charge is 0.407 e. The molecule has 0 fully saturated rings. The second-order valence-electron chi connectivity index (χ2n) is 8.45. The van der Waals surface area contributed by atoms with Crippen LogP contribution in [0.4, 0.5) is 16.2 Å². The number of anilines is 2. The molecule has 0 spiro atoms. The topological polar surface area (TPSA) is 164 Å². The third-order valence-corrected chi connectivity index (χ3v) is 5.05. The number of nitrogens with one attached hydrogen (secondary N) is 5. The van der Waals surface area contributed by atoms with Crippen molar-refractivity contribution in [2.24, 2.45) is 5.92 Å². The van der Waals surface area contributed by atoms with Gasteiger partial charge >= 0.3 is 6.09 Å². The zero-order valence-electron chi connectivity index (χ0n) is 20.7. The quantitative estimate of drug-likeness (QED) is 0.239. The van der Waals surface area contributed by atoms with E-state index in [0.717, 1.165) is 11.1 Å². The van der Waals surface area contributed by atoms with Crippen LogP contribution in [-0.4, -0.2) is 50.0 Å². The highest BCUT2D eigenvalue weighted by molar-refractivity contribution is 5.96. The molecule has 0 aliphatic heterocycles. The van der Waals surface area contributed by atoms with Crippen LogP contribution in [0.3, 0.4) is 0 Å². The first-order valence-corrected chi connectivity index (χ1v) is 11.5. The van der Waals surface area contributed by atoms with Gasteiger partial charge in [0.25, 0.3) is 0 Å². The Bertz CT molecular complexity index is 1020. The number of alkyl carbamates (subject to hydrolysis) is 1. The first kappa shape index (κ1) is 28.1. The molecular formula is C25H34N6O5. The van der Waals surface area contributed by atoms with Crippen molar-refractivity contribution in [2.75, 3.05) is 31.2 Å². The van der Waals surface area contributed by atoms with E-state index in [0.29, 0.717) is 17.9 Å². The van der Waals surface area contributed by atoms with E-state index >= 15 is 0 Å². The lowest BCUT2D eigenvalue weighted by Crippen LogP contribution is -2.52. The molecule has 0 aliphatic rings. The largest absolute Gasteiger partial charge is 0.445 e. The van der Waals surface area contributed by atoms with Crippen molar-refractivity contribution in [1.29, 1.82) is 0 Å². The van der Waals surface area contributed by atoms with E-state index in [1.807, 2.05) is 12.1 Å². The Kier molecular flexibility index (Phi) is 11.2. The molecule has 194 valence electrons. The minimum absolute atomic E-state index is 0.0632. The number of carbonyl (C=O) groups is 4. The molecular weight excluding hydrogens is 464 g/mol. The second kappa shape index (κ2) is 14.3. The summed E-state index contributed by atoms with van der Waals surface area (Å²) in [5.74, 6) is -1.31. The molecule has 0 aromatic heterocycles. The van der Waals surface area contributed by atoms with Gasteiger partial charge in [0.15, 0.2) is 0 Å². The highest BCUT2D eigenvalue weighted by atomic mass is 16.5. The monoisotopic (exact) mass is 498 g/mol. The molecule has 11 heteroatoms. The molecule has 0 heterocycles. The van der Waals surface area contributed by atoms with Gasteiger partial charge in [-0.25, -0.2) is 4.79 Å². The van der Waals surface area contributed by atoms with Crippen LogP contribution in [0, 0.1) is 5.92 Å². The fourth-order valence-corrected chi connectivity index (χ4v) is 3.10. The molecule has 36 heavy (non-hydrogen) atoms. The number of rotatable bonds is 12. The minimum Gasteiger partial charge on any atom is -0.445 e. The number of benzene rings is 2. The Morgan fingerprint density at radius 3 is 2.11 bits per heavy atom. The molecule has 2 rings (SSSR count). The van der Waals surface area contributed by atoms with Gasteiger partial charge in [-0.3, -0.25) is 14.4 Å². The van der Waals surface area contributed by atoms with Crippen molar-refractivity contribution in [1.82, 2.24) is 21.3 Å². The summed E-state index contributed by atoms with van der Waals surface area (Å²) in [7, 11) is 1.63. The number of ether oxygens (including phenoxy) is 1. The van der Waals surface area contributed by atoms with E-state index in [2.05, 4.69) is 26.6 Å². The first-order chi connectivity index (χ1) is 17.2. The average molecular weight is 499 g/mol. The SMILES string of the molecule is CNCC(=O)NC(C(=O)NCC(=O)Nc1ccc(COC(=O)NCc2ccc(N)cc2)cc1)C(C)C. The molecule has 0 radical (unpaired) electrons. The average Bonchev–Trinajstić information content (AvgIpc) is 2.85.